The highest BCUT2D eigenvalue weighted by atomic mass is 16.5. The summed E-state index contributed by atoms with van der Waals surface area (Å²) in [6, 6.07) is 5.87. The highest BCUT2D eigenvalue weighted by Crippen LogP contribution is 2.32. The summed E-state index contributed by atoms with van der Waals surface area (Å²) in [6.45, 7) is 3.47. The SMILES string of the molecule is CC1OCCC1C(=O)N1CCCc2ccc(N)cc21. The van der Waals surface area contributed by atoms with E-state index in [0.29, 0.717) is 12.3 Å². The minimum Gasteiger partial charge on any atom is -0.399 e. The molecule has 0 aliphatic carbocycles. The number of nitrogen functional groups attached to an aromatic ring is 1. The van der Waals surface area contributed by atoms with E-state index in [1.165, 1.54) is 5.56 Å². The molecule has 2 aliphatic rings. The predicted octanol–water partition coefficient (Wildman–Crippen LogP) is 1.97. The summed E-state index contributed by atoms with van der Waals surface area (Å²) in [5, 5.41) is 0. The zero-order valence-electron chi connectivity index (χ0n) is 11.3. The van der Waals surface area contributed by atoms with Crippen LogP contribution >= 0.6 is 0 Å². The van der Waals surface area contributed by atoms with Gasteiger partial charge >= 0.3 is 0 Å². The van der Waals surface area contributed by atoms with Crippen LogP contribution in [0.15, 0.2) is 18.2 Å². The summed E-state index contributed by atoms with van der Waals surface area (Å²) in [7, 11) is 0. The van der Waals surface area contributed by atoms with Crippen LogP contribution in [-0.4, -0.2) is 25.2 Å². The summed E-state index contributed by atoms with van der Waals surface area (Å²) >= 11 is 0. The van der Waals surface area contributed by atoms with Gasteiger partial charge in [-0.3, -0.25) is 4.79 Å². The number of anilines is 2. The van der Waals surface area contributed by atoms with Crippen molar-refractivity contribution in [2.24, 2.45) is 5.92 Å². The lowest BCUT2D eigenvalue weighted by atomic mass is 9.96. The van der Waals surface area contributed by atoms with Gasteiger partial charge in [-0.2, -0.15) is 0 Å². The number of hydrogen-bond acceptors (Lipinski definition) is 3. The fourth-order valence-electron chi connectivity index (χ4n) is 3.08. The van der Waals surface area contributed by atoms with Gasteiger partial charge in [0.2, 0.25) is 5.91 Å². The van der Waals surface area contributed by atoms with Crippen LogP contribution in [0.1, 0.15) is 25.3 Å². The van der Waals surface area contributed by atoms with Crippen molar-refractivity contribution in [1.29, 1.82) is 0 Å². The number of amides is 1. The maximum absolute atomic E-state index is 12.7. The summed E-state index contributed by atoms with van der Waals surface area (Å²) < 4.78 is 5.52. The standard InChI is InChI=1S/C15H20N2O2/c1-10-13(6-8-19-10)15(18)17-7-2-3-11-4-5-12(16)9-14(11)17/h4-5,9-10,13H,2-3,6-8,16H2,1H3. The maximum atomic E-state index is 12.7. The van der Waals surface area contributed by atoms with Crippen molar-refractivity contribution in [1.82, 2.24) is 0 Å². The number of ether oxygens (including phenoxy) is 1. The number of rotatable bonds is 1. The predicted molar refractivity (Wildman–Crippen MR) is 75.0 cm³/mol. The van der Waals surface area contributed by atoms with E-state index in [9.17, 15) is 4.79 Å². The molecule has 1 saturated heterocycles. The summed E-state index contributed by atoms with van der Waals surface area (Å²) in [6.07, 6.45) is 2.90. The van der Waals surface area contributed by atoms with Crippen molar-refractivity contribution in [3.63, 3.8) is 0 Å². The Hall–Kier alpha value is -1.55. The molecule has 4 nitrogen and oxygen atoms in total. The lowest BCUT2D eigenvalue weighted by molar-refractivity contribution is -0.123. The number of fused-ring (bicyclic) bond motifs is 1. The van der Waals surface area contributed by atoms with Crippen molar-refractivity contribution in [3.8, 4) is 0 Å². The Bertz CT molecular complexity index is 501. The highest BCUT2D eigenvalue weighted by Gasteiger charge is 2.35. The topological polar surface area (TPSA) is 55.6 Å². The Morgan fingerprint density at radius 1 is 1.47 bits per heavy atom. The van der Waals surface area contributed by atoms with E-state index < -0.39 is 0 Å². The van der Waals surface area contributed by atoms with Crippen LogP contribution in [0.4, 0.5) is 11.4 Å². The average molecular weight is 260 g/mol. The van der Waals surface area contributed by atoms with Gasteiger partial charge in [-0.05, 0) is 43.9 Å². The molecule has 0 spiro atoms. The monoisotopic (exact) mass is 260 g/mol. The maximum Gasteiger partial charge on any atom is 0.232 e. The molecule has 1 amide bonds. The number of carbonyl (C=O) groups is 1. The molecule has 4 heteroatoms. The molecule has 1 fully saturated rings. The van der Waals surface area contributed by atoms with Crippen LogP contribution in [0.25, 0.3) is 0 Å². The van der Waals surface area contributed by atoms with Crippen LogP contribution in [0, 0.1) is 5.92 Å². The second kappa shape index (κ2) is 4.85. The number of nitrogens with zero attached hydrogens (tertiary/aromatic N) is 1. The minimum atomic E-state index is -0.00705. The van der Waals surface area contributed by atoms with Crippen LogP contribution in [0.3, 0.4) is 0 Å². The Morgan fingerprint density at radius 2 is 2.32 bits per heavy atom. The van der Waals surface area contributed by atoms with E-state index in [4.69, 9.17) is 10.5 Å². The molecule has 1 aromatic carbocycles. The van der Waals surface area contributed by atoms with Crippen molar-refractivity contribution in [2.75, 3.05) is 23.8 Å². The van der Waals surface area contributed by atoms with Gasteiger partial charge in [-0.15, -0.1) is 0 Å². The number of nitrogens with two attached hydrogens (primary N) is 1. The first-order valence-electron chi connectivity index (χ1n) is 6.98. The van der Waals surface area contributed by atoms with E-state index in [0.717, 1.165) is 31.5 Å². The molecule has 2 aliphatic heterocycles. The highest BCUT2D eigenvalue weighted by molar-refractivity contribution is 5.97. The molecular weight excluding hydrogens is 240 g/mol. The first kappa shape index (κ1) is 12.5. The molecule has 2 atom stereocenters. The second-order valence-corrected chi connectivity index (χ2v) is 5.45. The Morgan fingerprint density at radius 3 is 3.05 bits per heavy atom. The lowest BCUT2D eigenvalue weighted by Gasteiger charge is -2.32. The van der Waals surface area contributed by atoms with Crippen molar-refractivity contribution in [3.05, 3.63) is 23.8 Å². The third kappa shape index (κ3) is 2.21. The Balaban J connectivity index is 1.90. The third-order valence-electron chi connectivity index (χ3n) is 4.19. The zero-order valence-corrected chi connectivity index (χ0v) is 11.3. The quantitative estimate of drug-likeness (QED) is 0.785. The van der Waals surface area contributed by atoms with Gasteiger partial charge in [-0.25, -0.2) is 0 Å². The van der Waals surface area contributed by atoms with Crippen LogP contribution in [0.5, 0.6) is 0 Å². The van der Waals surface area contributed by atoms with Crippen molar-refractivity contribution >= 4 is 17.3 Å². The number of benzene rings is 1. The first-order valence-corrected chi connectivity index (χ1v) is 6.98. The van der Waals surface area contributed by atoms with Gasteiger partial charge in [0.05, 0.1) is 12.0 Å². The normalized spacial score (nSPS) is 26.3. The fraction of sp³-hybridized carbons (Fsp3) is 0.533. The van der Waals surface area contributed by atoms with Gasteiger partial charge in [-0.1, -0.05) is 6.07 Å². The van der Waals surface area contributed by atoms with E-state index in [1.54, 1.807) is 0 Å². The molecule has 0 saturated carbocycles. The largest absolute Gasteiger partial charge is 0.399 e. The molecule has 19 heavy (non-hydrogen) atoms. The van der Waals surface area contributed by atoms with Crippen LogP contribution in [-0.2, 0) is 16.0 Å². The van der Waals surface area contributed by atoms with E-state index in [1.807, 2.05) is 30.0 Å². The molecule has 0 bridgehead atoms. The van der Waals surface area contributed by atoms with Crippen LogP contribution in [0.2, 0.25) is 0 Å². The number of carbonyl (C=O) groups excluding carboxylic acids is 1. The minimum absolute atomic E-state index is 0.00705. The first-order chi connectivity index (χ1) is 9.16. The molecular formula is C15H20N2O2. The summed E-state index contributed by atoms with van der Waals surface area (Å²) in [5.74, 6) is 0.184. The average Bonchev–Trinajstić information content (AvgIpc) is 2.83. The molecule has 2 unspecified atom stereocenters. The third-order valence-corrected chi connectivity index (χ3v) is 4.19. The van der Waals surface area contributed by atoms with Gasteiger partial charge in [0.1, 0.15) is 0 Å². The fourth-order valence-corrected chi connectivity index (χ4v) is 3.08. The Labute approximate surface area is 113 Å². The summed E-state index contributed by atoms with van der Waals surface area (Å²) in [5.41, 5.74) is 8.80. The van der Waals surface area contributed by atoms with Crippen LogP contribution < -0.4 is 10.6 Å². The van der Waals surface area contributed by atoms with Gasteiger partial charge in [0.15, 0.2) is 0 Å². The van der Waals surface area contributed by atoms with E-state index >= 15 is 0 Å². The van der Waals surface area contributed by atoms with Gasteiger partial charge < -0.3 is 15.4 Å². The molecule has 0 radical (unpaired) electrons. The second-order valence-electron chi connectivity index (χ2n) is 5.45. The number of hydrogen-bond donors (Lipinski definition) is 1. The smallest absolute Gasteiger partial charge is 0.232 e. The number of aryl methyl sites for hydroxylation is 1. The molecule has 0 aromatic heterocycles. The molecule has 1 aromatic rings. The van der Waals surface area contributed by atoms with E-state index in [-0.39, 0.29) is 17.9 Å². The van der Waals surface area contributed by atoms with E-state index in [2.05, 4.69) is 0 Å². The van der Waals surface area contributed by atoms with Crippen molar-refractivity contribution < 1.29 is 9.53 Å². The zero-order chi connectivity index (χ0) is 13.4. The molecule has 3 rings (SSSR count). The lowest BCUT2D eigenvalue weighted by Crippen LogP contribution is -2.41. The van der Waals surface area contributed by atoms with Crippen molar-refractivity contribution in [2.45, 2.75) is 32.3 Å². The molecule has 2 N–H and O–H groups in total. The summed E-state index contributed by atoms with van der Waals surface area (Å²) in [4.78, 5) is 14.6. The molecule has 102 valence electrons. The Kier molecular flexibility index (Phi) is 3.19. The van der Waals surface area contributed by atoms with Gasteiger partial charge in [0.25, 0.3) is 0 Å². The molecule has 2 heterocycles. The van der Waals surface area contributed by atoms with Gasteiger partial charge in [0, 0.05) is 24.5 Å².